The van der Waals surface area contributed by atoms with Crippen LogP contribution in [-0.2, 0) is 24.2 Å². The molecule has 158 valence electrons. The molecule has 4 N–H and O–H groups in total. The number of nitrogens with zero attached hydrogens (tertiary/aromatic N) is 5. The maximum atomic E-state index is 11.4. The van der Waals surface area contributed by atoms with E-state index in [9.17, 15) is 4.79 Å². The first kappa shape index (κ1) is 20.5. The number of rotatable bonds is 6. The molecule has 31 heavy (non-hydrogen) atoms. The minimum absolute atomic E-state index is 0.446. The molecule has 1 aliphatic rings. The van der Waals surface area contributed by atoms with Crippen LogP contribution in [0.3, 0.4) is 0 Å². The Morgan fingerprint density at radius 2 is 2.10 bits per heavy atom. The van der Waals surface area contributed by atoms with Gasteiger partial charge in [-0.2, -0.15) is 5.10 Å². The summed E-state index contributed by atoms with van der Waals surface area (Å²) < 4.78 is 2.04. The number of primary amides is 1. The molecule has 4 heterocycles. The van der Waals surface area contributed by atoms with Gasteiger partial charge in [0.1, 0.15) is 5.69 Å². The third-order valence-electron chi connectivity index (χ3n) is 5.45. The molecule has 1 aliphatic heterocycles. The Labute approximate surface area is 180 Å². The predicted molar refractivity (Wildman–Crippen MR) is 122 cm³/mol. The van der Waals surface area contributed by atoms with Gasteiger partial charge < -0.3 is 11.5 Å². The summed E-state index contributed by atoms with van der Waals surface area (Å²) in [4.78, 5) is 24.8. The average Bonchev–Trinajstić information content (AvgIpc) is 3.34. The van der Waals surface area contributed by atoms with Gasteiger partial charge in [-0.15, -0.1) is 0 Å². The van der Waals surface area contributed by atoms with Crippen molar-refractivity contribution < 1.29 is 4.79 Å². The zero-order valence-electron chi connectivity index (χ0n) is 17.7. The van der Waals surface area contributed by atoms with Gasteiger partial charge in [-0.3, -0.25) is 14.5 Å². The number of aryl methyl sites for hydroxylation is 3. The van der Waals surface area contributed by atoms with Gasteiger partial charge in [-0.1, -0.05) is 13.0 Å². The SMILES string of the molecule is CCc1ccc(-c2nn3c(c2-c2ccc(N=CN)nc2/C=C/C(N)=O)CCC3)nc1C. The van der Waals surface area contributed by atoms with Crippen LogP contribution in [0.15, 0.2) is 35.3 Å². The minimum Gasteiger partial charge on any atom is -0.390 e. The van der Waals surface area contributed by atoms with Crippen molar-refractivity contribution in [3.8, 4) is 22.5 Å². The molecule has 4 rings (SSSR count). The summed E-state index contributed by atoms with van der Waals surface area (Å²) in [5, 5.41) is 4.89. The van der Waals surface area contributed by atoms with Crippen LogP contribution in [0.1, 0.15) is 36.0 Å². The van der Waals surface area contributed by atoms with E-state index >= 15 is 0 Å². The molecule has 1 amide bonds. The van der Waals surface area contributed by atoms with Gasteiger partial charge in [0.15, 0.2) is 5.82 Å². The lowest BCUT2D eigenvalue weighted by Crippen LogP contribution is -2.05. The molecule has 0 radical (unpaired) electrons. The van der Waals surface area contributed by atoms with E-state index in [1.165, 1.54) is 18.0 Å². The Morgan fingerprint density at radius 1 is 1.26 bits per heavy atom. The molecule has 0 unspecified atom stereocenters. The maximum absolute atomic E-state index is 11.4. The summed E-state index contributed by atoms with van der Waals surface area (Å²) in [5.74, 6) is -0.101. The fraction of sp³-hybridized carbons (Fsp3) is 0.261. The van der Waals surface area contributed by atoms with Crippen LogP contribution in [0.25, 0.3) is 28.6 Å². The zero-order chi connectivity index (χ0) is 22.0. The second-order valence-corrected chi connectivity index (χ2v) is 7.41. The molecule has 3 aromatic heterocycles. The van der Waals surface area contributed by atoms with Crippen LogP contribution in [0, 0.1) is 6.92 Å². The molecular formula is C23H25N7O. The van der Waals surface area contributed by atoms with Gasteiger partial charge in [-0.25, -0.2) is 9.98 Å². The van der Waals surface area contributed by atoms with Crippen LogP contribution in [0.4, 0.5) is 5.82 Å². The first-order chi connectivity index (χ1) is 15.0. The third-order valence-corrected chi connectivity index (χ3v) is 5.45. The summed E-state index contributed by atoms with van der Waals surface area (Å²) in [7, 11) is 0. The van der Waals surface area contributed by atoms with Gasteiger partial charge in [0.05, 0.1) is 17.7 Å². The van der Waals surface area contributed by atoms with E-state index in [1.807, 2.05) is 23.7 Å². The lowest BCUT2D eigenvalue weighted by atomic mass is 9.97. The van der Waals surface area contributed by atoms with Gasteiger partial charge >= 0.3 is 0 Å². The number of nitrogens with two attached hydrogens (primary N) is 2. The van der Waals surface area contributed by atoms with Crippen LogP contribution in [0.5, 0.6) is 0 Å². The van der Waals surface area contributed by atoms with Crippen molar-refractivity contribution in [3.63, 3.8) is 0 Å². The van der Waals surface area contributed by atoms with E-state index in [0.717, 1.165) is 59.7 Å². The van der Waals surface area contributed by atoms with E-state index in [2.05, 4.69) is 23.0 Å². The highest BCUT2D eigenvalue weighted by atomic mass is 16.1. The molecule has 0 atom stereocenters. The van der Waals surface area contributed by atoms with Crippen LogP contribution >= 0.6 is 0 Å². The molecule has 0 spiro atoms. The number of carbonyl (C=O) groups excluding carboxylic acids is 1. The highest BCUT2D eigenvalue weighted by Crippen LogP contribution is 2.39. The number of carbonyl (C=O) groups is 1. The lowest BCUT2D eigenvalue weighted by molar-refractivity contribution is -0.113. The number of pyridine rings is 2. The van der Waals surface area contributed by atoms with Crippen molar-refractivity contribution in [2.75, 3.05) is 0 Å². The smallest absolute Gasteiger partial charge is 0.241 e. The first-order valence-electron chi connectivity index (χ1n) is 10.3. The maximum Gasteiger partial charge on any atom is 0.241 e. The van der Waals surface area contributed by atoms with Gasteiger partial charge in [0.2, 0.25) is 5.91 Å². The van der Waals surface area contributed by atoms with Crippen molar-refractivity contribution >= 4 is 24.1 Å². The zero-order valence-corrected chi connectivity index (χ0v) is 17.7. The summed E-state index contributed by atoms with van der Waals surface area (Å²) in [5.41, 5.74) is 18.2. The van der Waals surface area contributed by atoms with Crippen molar-refractivity contribution in [3.05, 3.63) is 53.0 Å². The number of hydrogen-bond acceptors (Lipinski definition) is 5. The minimum atomic E-state index is -0.548. The highest BCUT2D eigenvalue weighted by Gasteiger charge is 2.26. The molecule has 3 aromatic rings. The molecule has 0 bridgehead atoms. The Balaban J connectivity index is 1.94. The third kappa shape index (κ3) is 3.96. The van der Waals surface area contributed by atoms with Crippen LogP contribution in [0.2, 0.25) is 0 Å². The van der Waals surface area contributed by atoms with Crippen LogP contribution in [-0.4, -0.2) is 32.0 Å². The molecular weight excluding hydrogens is 390 g/mol. The first-order valence-corrected chi connectivity index (χ1v) is 10.3. The van der Waals surface area contributed by atoms with Gasteiger partial charge in [0.25, 0.3) is 0 Å². The van der Waals surface area contributed by atoms with Gasteiger partial charge in [0, 0.05) is 35.1 Å². The Morgan fingerprint density at radius 3 is 2.81 bits per heavy atom. The fourth-order valence-corrected chi connectivity index (χ4v) is 4.00. The second kappa shape index (κ2) is 8.51. The van der Waals surface area contributed by atoms with E-state index in [0.29, 0.717) is 11.5 Å². The van der Waals surface area contributed by atoms with Gasteiger partial charge in [-0.05, 0) is 56.0 Å². The van der Waals surface area contributed by atoms with Crippen LogP contribution < -0.4 is 11.5 Å². The number of hydrogen-bond donors (Lipinski definition) is 2. The normalized spacial score (nSPS) is 13.4. The highest BCUT2D eigenvalue weighted by molar-refractivity contribution is 5.93. The molecule has 0 fully saturated rings. The Kier molecular flexibility index (Phi) is 5.62. The van der Waals surface area contributed by atoms with E-state index in [1.54, 1.807) is 12.1 Å². The monoisotopic (exact) mass is 415 g/mol. The fourth-order valence-electron chi connectivity index (χ4n) is 4.00. The number of amides is 1. The molecule has 0 aromatic carbocycles. The second-order valence-electron chi connectivity index (χ2n) is 7.41. The topological polar surface area (TPSA) is 125 Å². The summed E-state index contributed by atoms with van der Waals surface area (Å²) in [6, 6.07) is 7.86. The van der Waals surface area contributed by atoms with Crippen molar-refractivity contribution in [2.24, 2.45) is 16.5 Å². The molecule has 0 saturated heterocycles. The molecule has 0 saturated carbocycles. The van der Waals surface area contributed by atoms with E-state index < -0.39 is 5.91 Å². The lowest BCUT2D eigenvalue weighted by Gasteiger charge is -2.10. The van der Waals surface area contributed by atoms with E-state index in [-0.39, 0.29) is 0 Å². The number of aromatic nitrogens is 4. The predicted octanol–water partition coefficient (Wildman–Crippen LogP) is 2.94. The molecule has 8 heteroatoms. The van der Waals surface area contributed by atoms with Crippen molar-refractivity contribution in [1.29, 1.82) is 0 Å². The Bertz CT molecular complexity index is 1210. The summed E-state index contributed by atoms with van der Waals surface area (Å²) in [6.07, 6.45) is 6.97. The molecule has 0 aliphatic carbocycles. The summed E-state index contributed by atoms with van der Waals surface area (Å²) in [6.45, 7) is 5.01. The number of aliphatic imine (C=N–C) groups is 1. The molecule has 8 nitrogen and oxygen atoms in total. The van der Waals surface area contributed by atoms with Crippen molar-refractivity contribution in [2.45, 2.75) is 39.7 Å². The number of fused-ring (bicyclic) bond motifs is 1. The van der Waals surface area contributed by atoms with Crippen molar-refractivity contribution in [1.82, 2.24) is 19.7 Å². The largest absolute Gasteiger partial charge is 0.390 e. The summed E-state index contributed by atoms with van der Waals surface area (Å²) >= 11 is 0. The standard InChI is InChI=1S/C23H25N7O/c1-3-15-6-8-18(27-14(15)2)23-22(19-5-4-12-30(19)29-23)16-7-11-21(26-13-24)28-17(16)9-10-20(25)31/h6-11,13H,3-5,12H2,1-2H3,(H2,25,31)(H2,24,26,28)/b10-9+. The van der Waals surface area contributed by atoms with E-state index in [4.69, 9.17) is 21.5 Å². The quantitative estimate of drug-likeness (QED) is 0.364. The Hall–Kier alpha value is -3.81. The average molecular weight is 416 g/mol.